The first-order valence-electron chi connectivity index (χ1n) is 11.3. The second-order valence-electron chi connectivity index (χ2n) is 8.52. The SMILES string of the molecule is COc1cccc2c1Oc1ccccc1N=C2N1CCN(S(=O)(=O)c2ccccc2C)C(C)C1. The molecule has 0 radical (unpaired) electrons. The number of rotatable bonds is 3. The maximum absolute atomic E-state index is 13.4. The van der Waals surface area contributed by atoms with Gasteiger partial charge in [-0.25, -0.2) is 13.4 Å². The molecule has 2 aliphatic heterocycles. The average molecular weight is 478 g/mol. The Kier molecular flexibility index (Phi) is 5.79. The first-order valence-corrected chi connectivity index (χ1v) is 12.7. The molecule has 8 heteroatoms. The van der Waals surface area contributed by atoms with Gasteiger partial charge in [-0.15, -0.1) is 0 Å². The standard InChI is InChI=1S/C26H27N3O4S/c1-18-9-4-7-14-24(18)34(30,31)29-16-15-28(17-19(29)2)26-20-10-8-13-23(32-3)25(20)33-22-12-6-5-11-21(22)27-26/h4-14,19H,15-17H2,1-3H3. The molecule has 1 unspecified atom stereocenters. The van der Waals surface area contributed by atoms with Gasteiger partial charge in [-0.2, -0.15) is 4.31 Å². The Balaban J connectivity index is 1.51. The third kappa shape index (κ3) is 3.82. The van der Waals surface area contributed by atoms with Crippen LogP contribution in [0.2, 0.25) is 0 Å². The number of hydrogen-bond acceptors (Lipinski definition) is 6. The van der Waals surface area contributed by atoms with E-state index in [0.29, 0.717) is 41.8 Å². The number of benzene rings is 3. The van der Waals surface area contributed by atoms with Crippen molar-refractivity contribution in [2.45, 2.75) is 24.8 Å². The molecule has 176 valence electrons. The summed E-state index contributed by atoms with van der Waals surface area (Å²) in [4.78, 5) is 7.47. The number of methoxy groups -OCH3 is 1. The molecular weight excluding hydrogens is 450 g/mol. The summed E-state index contributed by atoms with van der Waals surface area (Å²) >= 11 is 0. The highest BCUT2D eigenvalue weighted by atomic mass is 32.2. The Morgan fingerprint density at radius 1 is 1.00 bits per heavy atom. The van der Waals surface area contributed by atoms with Crippen LogP contribution in [0.15, 0.2) is 76.6 Å². The molecule has 0 aliphatic carbocycles. The van der Waals surface area contributed by atoms with Gasteiger partial charge in [0.1, 0.15) is 11.5 Å². The van der Waals surface area contributed by atoms with Crippen LogP contribution in [0.1, 0.15) is 18.1 Å². The number of amidine groups is 1. The van der Waals surface area contributed by atoms with Crippen molar-refractivity contribution in [1.29, 1.82) is 0 Å². The highest BCUT2D eigenvalue weighted by Gasteiger charge is 2.36. The molecule has 7 nitrogen and oxygen atoms in total. The van der Waals surface area contributed by atoms with Gasteiger partial charge in [-0.05, 0) is 49.7 Å². The number of aliphatic imine (C=N–C) groups is 1. The smallest absolute Gasteiger partial charge is 0.243 e. The van der Waals surface area contributed by atoms with Crippen LogP contribution in [-0.4, -0.2) is 56.2 Å². The van der Waals surface area contributed by atoms with Crippen molar-refractivity contribution >= 4 is 21.5 Å². The first kappa shape index (κ1) is 22.4. The molecule has 0 amide bonds. The van der Waals surface area contributed by atoms with Crippen LogP contribution in [0.4, 0.5) is 5.69 Å². The van der Waals surface area contributed by atoms with E-state index in [-0.39, 0.29) is 6.04 Å². The minimum atomic E-state index is -3.60. The van der Waals surface area contributed by atoms with Gasteiger partial charge in [-0.3, -0.25) is 0 Å². The largest absolute Gasteiger partial charge is 0.493 e. The fraction of sp³-hybridized carbons (Fsp3) is 0.269. The Hall–Kier alpha value is -3.36. The summed E-state index contributed by atoms with van der Waals surface area (Å²) in [5.74, 6) is 2.63. The number of fused-ring (bicyclic) bond motifs is 2. The summed E-state index contributed by atoms with van der Waals surface area (Å²) in [6.07, 6.45) is 0. The van der Waals surface area contributed by atoms with E-state index in [1.165, 1.54) is 0 Å². The van der Waals surface area contributed by atoms with E-state index in [1.54, 1.807) is 23.5 Å². The van der Waals surface area contributed by atoms with Crippen LogP contribution in [0.3, 0.4) is 0 Å². The van der Waals surface area contributed by atoms with Gasteiger partial charge in [0.15, 0.2) is 17.2 Å². The molecule has 1 fully saturated rings. The lowest BCUT2D eigenvalue weighted by Crippen LogP contribution is -2.55. The van der Waals surface area contributed by atoms with Crippen LogP contribution >= 0.6 is 0 Å². The first-order chi connectivity index (χ1) is 16.4. The van der Waals surface area contributed by atoms with Crippen LogP contribution < -0.4 is 9.47 Å². The monoisotopic (exact) mass is 477 g/mol. The molecular formula is C26H27N3O4S. The Labute approximate surface area is 200 Å². The molecule has 5 rings (SSSR count). The highest BCUT2D eigenvalue weighted by molar-refractivity contribution is 7.89. The number of ether oxygens (including phenoxy) is 2. The van der Waals surface area contributed by atoms with Crippen LogP contribution in [0.25, 0.3) is 0 Å². The number of hydrogen-bond donors (Lipinski definition) is 0. The summed E-state index contributed by atoms with van der Waals surface area (Å²) in [6.45, 7) is 5.14. The molecule has 3 aromatic carbocycles. The topological polar surface area (TPSA) is 71.4 Å². The number of aryl methyl sites for hydroxylation is 1. The van der Waals surface area contributed by atoms with E-state index in [4.69, 9.17) is 14.5 Å². The molecule has 1 saturated heterocycles. The maximum atomic E-state index is 13.4. The zero-order valence-corrected chi connectivity index (χ0v) is 20.2. The van der Waals surface area contributed by atoms with Crippen molar-refractivity contribution in [2.75, 3.05) is 26.7 Å². The molecule has 0 N–H and O–H groups in total. The lowest BCUT2D eigenvalue weighted by molar-refractivity contribution is 0.205. The predicted octanol–water partition coefficient (Wildman–Crippen LogP) is 4.58. The minimum absolute atomic E-state index is 0.241. The van der Waals surface area contributed by atoms with E-state index in [2.05, 4.69) is 4.90 Å². The van der Waals surface area contributed by atoms with Gasteiger partial charge in [0, 0.05) is 25.7 Å². The summed E-state index contributed by atoms with van der Waals surface area (Å²) in [5, 5.41) is 0. The molecule has 3 aromatic rings. The zero-order valence-electron chi connectivity index (χ0n) is 19.4. The van der Waals surface area contributed by atoms with Crippen molar-refractivity contribution < 1.29 is 17.9 Å². The van der Waals surface area contributed by atoms with E-state index < -0.39 is 10.0 Å². The lowest BCUT2D eigenvalue weighted by Gasteiger charge is -2.40. The molecule has 0 spiro atoms. The third-order valence-corrected chi connectivity index (χ3v) is 8.46. The van der Waals surface area contributed by atoms with Crippen molar-refractivity contribution in [3.05, 3.63) is 77.9 Å². The third-order valence-electron chi connectivity index (χ3n) is 6.29. The van der Waals surface area contributed by atoms with Gasteiger partial charge >= 0.3 is 0 Å². The molecule has 0 aromatic heterocycles. The van der Waals surface area contributed by atoms with Gasteiger partial charge in [0.25, 0.3) is 0 Å². The van der Waals surface area contributed by atoms with Crippen molar-refractivity contribution in [1.82, 2.24) is 9.21 Å². The summed E-state index contributed by atoms with van der Waals surface area (Å²) in [7, 11) is -1.99. The van der Waals surface area contributed by atoms with Gasteiger partial charge in [0.2, 0.25) is 10.0 Å². The van der Waals surface area contributed by atoms with Crippen LogP contribution in [0.5, 0.6) is 17.2 Å². The van der Waals surface area contributed by atoms with Gasteiger partial charge < -0.3 is 14.4 Å². The molecule has 2 heterocycles. The van der Waals surface area contributed by atoms with Crippen molar-refractivity contribution in [3.8, 4) is 17.2 Å². The Bertz CT molecular complexity index is 1370. The number of sulfonamides is 1. The Morgan fingerprint density at radius 2 is 1.76 bits per heavy atom. The van der Waals surface area contributed by atoms with E-state index in [1.807, 2.05) is 68.4 Å². The lowest BCUT2D eigenvalue weighted by atomic mass is 10.1. The number of para-hydroxylation sites is 3. The Morgan fingerprint density at radius 3 is 2.53 bits per heavy atom. The summed E-state index contributed by atoms with van der Waals surface area (Å²) in [6, 6.07) is 20.2. The molecule has 0 bridgehead atoms. The molecule has 2 aliphatic rings. The average Bonchev–Trinajstić information content (AvgIpc) is 3.00. The van der Waals surface area contributed by atoms with E-state index >= 15 is 0 Å². The summed E-state index contributed by atoms with van der Waals surface area (Å²) in [5.41, 5.74) is 2.29. The minimum Gasteiger partial charge on any atom is -0.493 e. The normalized spacial score (nSPS) is 18.3. The molecule has 34 heavy (non-hydrogen) atoms. The number of piperazine rings is 1. The van der Waals surface area contributed by atoms with Crippen LogP contribution in [-0.2, 0) is 10.0 Å². The summed E-state index contributed by atoms with van der Waals surface area (Å²) < 4.78 is 40.3. The predicted molar refractivity (Wildman–Crippen MR) is 132 cm³/mol. The van der Waals surface area contributed by atoms with Gasteiger partial charge in [0.05, 0.1) is 17.6 Å². The second-order valence-corrected chi connectivity index (χ2v) is 10.4. The van der Waals surface area contributed by atoms with Gasteiger partial charge in [-0.1, -0.05) is 36.4 Å². The highest BCUT2D eigenvalue weighted by Crippen LogP contribution is 2.43. The molecule has 0 saturated carbocycles. The molecule has 1 atom stereocenters. The quantitative estimate of drug-likeness (QED) is 0.552. The maximum Gasteiger partial charge on any atom is 0.243 e. The van der Waals surface area contributed by atoms with Crippen LogP contribution in [0, 0.1) is 6.92 Å². The second kappa shape index (κ2) is 8.77. The van der Waals surface area contributed by atoms with Crippen molar-refractivity contribution in [3.63, 3.8) is 0 Å². The van der Waals surface area contributed by atoms with E-state index in [0.717, 1.165) is 22.6 Å². The fourth-order valence-corrected chi connectivity index (χ4v) is 6.42. The fourth-order valence-electron chi connectivity index (χ4n) is 4.58. The van der Waals surface area contributed by atoms with E-state index in [9.17, 15) is 8.42 Å². The number of nitrogens with zero attached hydrogens (tertiary/aromatic N) is 3. The zero-order chi connectivity index (χ0) is 23.9. The van der Waals surface area contributed by atoms with Crippen molar-refractivity contribution in [2.24, 2.45) is 4.99 Å².